The number of aryl methyl sites for hydroxylation is 1. The zero-order chi connectivity index (χ0) is 14.5. The van der Waals surface area contributed by atoms with E-state index in [0.717, 1.165) is 15.6 Å². The third-order valence-electron chi connectivity index (χ3n) is 3.03. The van der Waals surface area contributed by atoms with Crippen LogP contribution in [0, 0.1) is 6.92 Å². The molecule has 20 heavy (non-hydrogen) atoms. The van der Waals surface area contributed by atoms with Gasteiger partial charge >= 0.3 is 0 Å². The minimum absolute atomic E-state index is 0.0453. The predicted molar refractivity (Wildman–Crippen MR) is 89.3 cm³/mol. The first-order chi connectivity index (χ1) is 9.61. The fourth-order valence-corrected chi connectivity index (χ4v) is 2.91. The number of nitrogens with one attached hydrogen (secondary N) is 1. The van der Waals surface area contributed by atoms with Crippen molar-refractivity contribution >= 4 is 37.8 Å². The SMILES string of the molecule is Cc1ccc(Br)c(C(=O)NC(CBr)c2ccccc2)c1. The molecule has 0 spiro atoms. The Morgan fingerprint density at radius 3 is 2.55 bits per heavy atom. The Kier molecular flexibility index (Phi) is 5.38. The van der Waals surface area contributed by atoms with Gasteiger partial charge in [-0.1, -0.05) is 57.9 Å². The summed E-state index contributed by atoms with van der Waals surface area (Å²) in [4.78, 5) is 12.4. The highest BCUT2D eigenvalue weighted by molar-refractivity contribution is 9.10. The predicted octanol–water partition coefficient (Wildman–Crippen LogP) is 4.62. The van der Waals surface area contributed by atoms with E-state index >= 15 is 0 Å². The van der Waals surface area contributed by atoms with Crippen LogP contribution >= 0.6 is 31.9 Å². The normalized spacial score (nSPS) is 11.9. The molecule has 0 aliphatic heterocycles. The quantitative estimate of drug-likeness (QED) is 0.750. The van der Waals surface area contributed by atoms with Crippen LogP contribution in [0.3, 0.4) is 0 Å². The second-order valence-corrected chi connectivity index (χ2v) is 6.08. The van der Waals surface area contributed by atoms with E-state index in [0.29, 0.717) is 10.9 Å². The lowest BCUT2D eigenvalue weighted by atomic mass is 10.1. The largest absolute Gasteiger partial charge is 0.344 e. The van der Waals surface area contributed by atoms with Crippen LogP contribution < -0.4 is 5.32 Å². The van der Waals surface area contributed by atoms with E-state index in [1.54, 1.807) is 0 Å². The maximum atomic E-state index is 12.4. The third kappa shape index (κ3) is 3.70. The number of amides is 1. The van der Waals surface area contributed by atoms with Gasteiger partial charge in [-0.15, -0.1) is 0 Å². The lowest BCUT2D eigenvalue weighted by molar-refractivity contribution is 0.0940. The molecule has 4 heteroatoms. The van der Waals surface area contributed by atoms with Crippen LogP contribution in [-0.4, -0.2) is 11.2 Å². The molecule has 2 nitrogen and oxygen atoms in total. The summed E-state index contributed by atoms with van der Waals surface area (Å²) in [6.45, 7) is 1.97. The van der Waals surface area contributed by atoms with Crippen molar-refractivity contribution in [1.82, 2.24) is 5.32 Å². The Morgan fingerprint density at radius 2 is 1.90 bits per heavy atom. The van der Waals surface area contributed by atoms with Gasteiger partial charge in [0, 0.05) is 9.80 Å². The Hall–Kier alpha value is -1.13. The first-order valence-corrected chi connectivity index (χ1v) is 8.21. The van der Waals surface area contributed by atoms with Crippen molar-refractivity contribution in [2.75, 3.05) is 5.33 Å². The molecule has 1 atom stereocenters. The lowest BCUT2D eigenvalue weighted by Crippen LogP contribution is -2.29. The van der Waals surface area contributed by atoms with E-state index in [9.17, 15) is 4.79 Å². The first-order valence-electron chi connectivity index (χ1n) is 6.29. The van der Waals surface area contributed by atoms with Crippen LogP contribution in [0.5, 0.6) is 0 Å². The van der Waals surface area contributed by atoms with Gasteiger partial charge in [0.2, 0.25) is 0 Å². The number of rotatable bonds is 4. The van der Waals surface area contributed by atoms with Gasteiger partial charge in [-0.3, -0.25) is 4.79 Å². The third-order valence-corrected chi connectivity index (χ3v) is 4.37. The van der Waals surface area contributed by atoms with E-state index in [2.05, 4.69) is 37.2 Å². The summed E-state index contributed by atoms with van der Waals surface area (Å²) in [6, 6.07) is 15.6. The van der Waals surface area contributed by atoms with Crippen LogP contribution in [0.1, 0.15) is 27.5 Å². The Labute approximate surface area is 135 Å². The Balaban J connectivity index is 2.20. The van der Waals surface area contributed by atoms with E-state index in [1.807, 2.05) is 55.5 Å². The minimum atomic E-state index is -0.0751. The van der Waals surface area contributed by atoms with Gasteiger partial charge in [0.1, 0.15) is 0 Å². The number of hydrogen-bond donors (Lipinski definition) is 1. The number of halogens is 2. The number of hydrogen-bond acceptors (Lipinski definition) is 1. The molecular formula is C16H15Br2NO. The molecule has 2 aromatic carbocycles. The highest BCUT2D eigenvalue weighted by Crippen LogP contribution is 2.20. The number of benzene rings is 2. The van der Waals surface area contributed by atoms with Crippen molar-refractivity contribution in [1.29, 1.82) is 0 Å². The molecule has 0 fully saturated rings. The molecule has 1 amide bonds. The molecule has 0 bridgehead atoms. The molecular weight excluding hydrogens is 382 g/mol. The van der Waals surface area contributed by atoms with Crippen LogP contribution in [-0.2, 0) is 0 Å². The second kappa shape index (κ2) is 7.04. The van der Waals surface area contributed by atoms with Gasteiger partial charge in [0.25, 0.3) is 5.91 Å². The van der Waals surface area contributed by atoms with Crippen LogP contribution in [0.2, 0.25) is 0 Å². The maximum absolute atomic E-state index is 12.4. The average molecular weight is 397 g/mol. The highest BCUT2D eigenvalue weighted by Gasteiger charge is 2.16. The van der Waals surface area contributed by atoms with E-state index in [-0.39, 0.29) is 11.9 Å². The van der Waals surface area contributed by atoms with Crippen molar-refractivity contribution in [3.63, 3.8) is 0 Å². The van der Waals surface area contributed by atoms with Crippen molar-refractivity contribution in [3.05, 3.63) is 69.7 Å². The van der Waals surface area contributed by atoms with E-state index < -0.39 is 0 Å². The van der Waals surface area contributed by atoms with Gasteiger partial charge in [-0.2, -0.15) is 0 Å². The van der Waals surface area contributed by atoms with Gasteiger partial charge in [0.05, 0.1) is 11.6 Å². The fourth-order valence-electron chi connectivity index (χ4n) is 1.95. The molecule has 1 unspecified atom stereocenters. The van der Waals surface area contributed by atoms with E-state index in [4.69, 9.17) is 0 Å². The van der Waals surface area contributed by atoms with Crippen molar-refractivity contribution < 1.29 is 4.79 Å². The van der Waals surface area contributed by atoms with Gasteiger partial charge in [-0.05, 0) is 40.5 Å². The van der Waals surface area contributed by atoms with Gasteiger partial charge in [-0.25, -0.2) is 0 Å². The number of alkyl halides is 1. The lowest BCUT2D eigenvalue weighted by Gasteiger charge is -2.17. The monoisotopic (exact) mass is 395 g/mol. The molecule has 0 aromatic heterocycles. The average Bonchev–Trinajstić information content (AvgIpc) is 2.48. The zero-order valence-corrected chi connectivity index (χ0v) is 14.2. The van der Waals surface area contributed by atoms with Gasteiger partial charge in [0.15, 0.2) is 0 Å². The second-order valence-electron chi connectivity index (χ2n) is 4.57. The first kappa shape index (κ1) is 15.3. The number of carbonyl (C=O) groups is 1. The standard InChI is InChI=1S/C16H15Br2NO/c1-11-7-8-14(18)13(9-11)16(20)19-15(10-17)12-5-3-2-4-6-12/h2-9,15H,10H2,1H3,(H,19,20). The summed E-state index contributed by atoms with van der Waals surface area (Å²) in [6.07, 6.45) is 0. The Morgan fingerprint density at radius 1 is 1.20 bits per heavy atom. The molecule has 0 saturated carbocycles. The summed E-state index contributed by atoms with van der Waals surface area (Å²) < 4.78 is 0.807. The highest BCUT2D eigenvalue weighted by atomic mass is 79.9. The smallest absolute Gasteiger partial charge is 0.252 e. The molecule has 2 rings (SSSR count). The molecule has 1 N–H and O–H groups in total. The topological polar surface area (TPSA) is 29.1 Å². The molecule has 0 heterocycles. The fraction of sp³-hybridized carbons (Fsp3) is 0.188. The molecule has 2 aromatic rings. The minimum Gasteiger partial charge on any atom is -0.344 e. The summed E-state index contributed by atoms with van der Waals surface area (Å²) in [5.74, 6) is -0.0751. The molecule has 0 radical (unpaired) electrons. The Bertz CT molecular complexity index is 599. The summed E-state index contributed by atoms with van der Waals surface area (Å²) in [5.41, 5.74) is 2.81. The van der Waals surface area contributed by atoms with Crippen molar-refractivity contribution in [2.45, 2.75) is 13.0 Å². The molecule has 0 aliphatic rings. The molecule has 0 aliphatic carbocycles. The van der Waals surface area contributed by atoms with Crippen LogP contribution in [0.25, 0.3) is 0 Å². The van der Waals surface area contributed by atoms with Crippen LogP contribution in [0.15, 0.2) is 53.0 Å². The van der Waals surface area contributed by atoms with Crippen molar-refractivity contribution in [3.8, 4) is 0 Å². The van der Waals surface area contributed by atoms with Crippen molar-refractivity contribution in [2.24, 2.45) is 0 Å². The summed E-state index contributed by atoms with van der Waals surface area (Å²) in [7, 11) is 0. The number of carbonyl (C=O) groups excluding carboxylic acids is 1. The van der Waals surface area contributed by atoms with E-state index in [1.165, 1.54) is 0 Å². The van der Waals surface area contributed by atoms with Gasteiger partial charge < -0.3 is 5.32 Å². The summed E-state index contributed by atoms with van der Waals surface area (Å²) in [5, 5.41) is 3.72. The summed E-state index contributed by atoms with van der Waals surface area (Å²) >= 11 is 6.89. The van der Waals surface area contributed by atoms with Crippen LogP contribution in [0.4, 0.5) is 0 Å². The molecule has 0 saturated heterocycles. The maximum Gasteiger partial charge on any atom is 0.252 e. The molecule has 104 valence electrons. The zero-order valence-electron chi connectivity index (χ0n) is 11.1.